The Labute approximate surface area is 116 Å². The summed E-state index contributed by atoms with van der Waals surface area (Å²) < 4.78 is 80.1. The van der Waals surface area contributed by atoms with Crippen LogP contribution in [0.15, 0.2) is 30.4 Å². The number of hydrogen-bond donors (Lipinski definition) is 1. The molecule has 0 bridgehead atoms. The maximum atomic E-state index is 12.5. The predicted octanol–water partition coefficient (Wildman–Crippen LogP) is 4.59. The van der Waals surface area contributed by atoms with E-state index in [9.17, 15) is 26.3 Å². The first-order chi connectivity index (χ1) is 9.14. The highest BCUT2D eigenvalue weighted by Crippen LogP contribution is 2.38. The van der Waals surface area contributed by atoms with Crippen LogP contribution in [-0.2, 0) is 12.4 Å². The lowest BCUT2D eigenvalue weighted by atomic mass is 10.1. The fraction of sp³-hybridized carbons (Fsp3) is 0.333. The largest absolute Gasteiger partial charge is 0.490 e. The third-order valence-electron chi connectivity index (χ3n) is 2.18. The molecule has 0 fully saturated rings. The summed E-state index contributed by atoms with van der Waals surface area (Å²) in [7, 11) is 0. The lowest BCUT2D eigenvalue weighted by molar-refractivity contribution is -0.143. The number of halogens is 6. The Bertz CT molecular complexity index is 446. The fourth-order valence-corrected chi connectivity index (χ4v) is 1.45. The van der Waals surface area contributed by atoms with E-state index in [1.807, 2.05) is 0 Å². The van der Waals surface area contributed by atoms with Crippen LogP contribution >= 0.6 is 12.6 Å². The summed E-state index contributed by atoms with van der Waals surface area (Å²) in [5.41, 5.74) is -2.80. The number of alkyl halides is 6. The Kier molecular flexibility index (Phi) is 5.38. The molecule has 112 valence electrons. The van der Waals surface area contributed by atoms with Gasteiger partial charge in [0.25, 0.3) is 0 Å². The second-order valence-corrected chi connectivity index (χ2v) is 4.07. The van der Waals surface area contributed by atoms with E-state index in [1.54, 1.807) is 6.08 Å². The molecule has 1 rings (SSSR count). The summed E-state index contributed by atoms with van der Waals surface area (Å²) in [4.78, 5) is 0. The number of hydrogen-bond acceptors (Lipinski definition) is 2. The number of benzene rings is 1. The third kappa shape index (κ3) is 4.99. The van der Waals surface area contributed by atoms with Crippen LogP contribution in [0.1, 0.15) is 11.1 Å². The quantitative estimate of drug-likeness (QED) is 0.486. The smallest absolute Gasteiger partial charge is 0.416 e. The second kappa shape index (κ2) is 6.43. The van der Waals surface area contributed by atoms with Gasteiger partial charge in [-0.15, -0.1) is 0 Å². The van der Waals surface area contributed by atoms with Crippen molar-refractivity contribution < 1.29 is 31.1 Å². The number of thiol groups is 1. The van der Waals surface area contributed by atoms with Gasteiger partial charge in [0.05, 0.1) is 11.1 Å². The maximum Gasteiger partial charge on any atom is 0.416 e. The van der Waals surface area contributed by atoms with Crippen LogP contribution in [0.3, 0.4) is 0 Å². The molecule has 0 N–H and O–H groups in total. The fourth-order valence-electron chi connectivity index (χ4n) is 1.30. The van der Waals surface area contributed by atoms with Gasteiger partial charge in [-0.25, -0.2) is 0 Å². The van der Waals surface area contributed by atoms with E-state index in [4.69, 9.17) is 4.74 Å². The molecule has 0 atom stereocenters. The standard InChI is InChI=1S/C12H10F6OS/c13-11(14,15)8-5-9(12(16,17)18)7-10(6-8)19-3-1-2-4-20/h1-2,5-7,20H,3-4H2/b2-1+. The first-order valence-electron chi connectivity index (χ1n) is 5.32. The normalized spacial score (nSPS) is 12.9. The van der Waals surface area contributed by atoms with Gasteiger partial charge in [-0.3, -0.25) is 0 Å². The van der Waals surface area contributed by atoms with Crippen molar-refractivity contribution in [2.45, 2.75) is 12.4 Å². The van der Waals surface area contributed by atoms with Crippen molar-refractivity contribution in [2.24, 2.45) is 0 Å². The first-order valence-corrected chi connectivity index (χ1v) is 5.96. The zero-order valence-corrected chi connectivity index (χ0v) is 10.8. The number of rotatable bonds is 4. The minimum atomic E-state index is -4.87. The second-order valence-electron chi connectivity index (χ2n) is 3.71. The van der Waals surface area contributed by atoms with Crippen molar-refractivity contribution in [3.8, 4) is 5.75 Å². The summed E-state index contributed by atoms with van der Waals surface area (Å²) in [6.07, 6.45) is -6.75. The molecule has 0 saturated heterocycles. The summed E-state index contributed by atoms with van der Waals surface area (Å²) in [5.74, 6) is -0.101. The minimum absolute atomic E-state index is 0.0520. The zero-order valence-electron chi connectivity index (χ0n) is 9.92. The summed E-state index contributed by atoms with van der Waals surface area (Å²) in [5, 5.41) is 0. The van der Waals surface area contributed by atoms with E-state index in [1.165, 1.54) is 6.08 Å². The van der Waals surface area contributed by atoms with Crippen LogP contribution in [0, 0.1) is 0 Å². The van der Waals surface area contributed by atoms with E-state index >= 15 is 0 Å². The Morgan fingerprint density at radius 2 is 1.40 bits per heavy atom. The van der Waals surface area contributed by atoms with Gasteiger partial charge in [0, 0.05) is 5.75 Å². The lowest BCUT2D eigenvalue weighted by Gasteiger charge is -2.14. The van der Waals surface area contributed by atoms with Gasteiger partial charge in [-0.05, 0) is 18.2 Å². The molecule has 20 heavy (non-hydrogen) atoms. The molecule has 1 nitrogen and oxygen atoms in total. The topological polar surface area (TPSA) is 9.23 Å². The van der Waals surface area contributed by atoms with Gasteiger partial charge >= 0.3 is 12.4 Å². The molecule has 0 aliphatic carbocycles. The molecule has 1 aromatic rings. The van der Waals surface area contributed by atoms with E-state index < -0.39 is 29.2 Å². The molecule has 0 aromatic heterocycles. The Morgan fingerprint density at radius 3 is 1.80 bits per heavy atom. The molecule has 0 aliphatic rings. The zero-order chi connectivity index (χ0) is 15.4. The van der Waals surface area contributed by atoms with Gasteiger partial charge in [-0.2, -0.15) is 39.0 Å². The van der Waals surface area contributed by atoms with Crippen LogP contribution in [-0.4, -0.2) is 12.4 Å². The van der Waals surface area contributed by atoms with Gasteiger partial charge in [0.1, 0.15) is 12.4 Å². The Balaban J connectivity index is 3.08. The molecule has 0 unspecified atom stereocenters. The van der Waals surface area contributed by atoms with Crippen molar-refractivity contribution in [1.29, 1.82) is 0 Å². The maximum absolute atomic E-state index is 12.5. The van der Waals surface area contributed by atoms with Crippen molar-refractivity contribution in [1.82, 2.24) is 0 Å². The van der Waals surface area contributed by atoms with E-state index in [0.29, 0.717) is 17.9 Å². The molecular weight excluding hydrogens is 306 g/mol. The highest BCUT2D eigenvalue weighted by atomic mass is 32.1. The highest BCUT2D eigenvalue weighted by molar-refractivity contribution is 7.80. The highest BCUT2D eigenvalue weighted by Gasteiger charge is 2.37. The molecule has 0 radical (unpaired) electrons. The van der Waals surface area contributed by atoms with Crippen molar-refractivity contribution in [3.05, 3.63) is 41.5 Å². The predicted molar refractivity (Wildman–Crippen MR) is 64.9 cm³/mol. The summed E-state index contributed by atoms with van der Waals surface area (Å²) in [6.45, 7) is -0.140. The molecule has 0 amide bonds. The Morgan fingerprint density at radius 1 is 0.900 bits per heavy atom. The summed E-state index contributed by atoms with van der Waals surface area (Å²) in [6, 6.07) is 1.12. The van der Waals surface area contributed by atoms with Gasteiger partial charge in [0.2, 0.25) is 0 Å². The lowest BCUT2D eigenvalue weighted by Crippen LogP contribution is -2.11. The first kappa shape index (κ1) is 16.7. The Hall–Kier alpha value is -1.31. The SMILES string of the molecule is FC(F)(F)c1cc(OC/C=C/CS)cc(C(F)(F)F)c1. The molecule has 0 saturated carbocycles. The average Bonchev–Trinajstić information content (AvgIpc) is 2.32. The van der Waals surface area contributed by atoms with Gasteiger partial charge in [-0.1, -0.05) is 12.2 Å². The average molecular weight is 316 g/mol. The van der Waals surface area contributed by atoms with Gasteiger partial charge < -0.3 is 4.74 Å². The molecule has 8 heteroatoms. The molecule has 0 spiro atoms. The number of ether oxygens (including phenoxy) is 1. The minimum Gasteiger partial charge on any atom is -0.490 e. The third-order valence-corrected chi connectivity index (χ3v) is 2.39. The van der Waals surface area contributed by atoms with Crippen LogP contribution in [0.25, 0.3) is 0 Å². The van der Waals surface area contributed by atoms with Crippen molar-refractivity contribution in [3.63, 3.8) is 0 Å². The van der Waals surface area contributed by atoms with Crippen LogP contribution in [0.2, 0.25) is 0 Å². The monoisotopic (exact) mass is 316 g/mol. The van der Waals surface area contributed by atoms with Crippen molar-refractivity contribution in [2.75, 3.05) is 12.4 Å². The molecule has 0 aliphatic heterocycles. The summed E-state index contributed by atoms with van der Waals surface area (Å²) >= 11 is 3.85. The van der Waals surface area contributed by atoms with Crippen LogP contribution in [0.5, 0.6) is 5.75 Å². The van der Waals surface area contributed by atoms with Crippen molar-refractivity contribution >= 4 is 12.6 Å². The van der Waals surface area contributed by atoms with E-state index in [0.717, 1.165) is 0 Å². The molecule has 1 aromatic carbocycles. The van der Waals surface area contributed by atoms with Gasteiger partial charge in [0.15, 0.2) is 0 Å². The molecular formula is C12H10F6OS. The van der Waals surface area contributed by atoms with E-state index in [-0.39, 0.29) is 12.7 Å². The van der Waals surface area contributed by atoms with Crippen LogP contribution < -0.4 is 4.74 Å². The van der Waals surface area contributed by atoms with Crippen LogP contribution in [0.4, 0.5) is 26.3 Å². The van der Waals surface area contributed by atoms with E-state index in [2.05, 4.69) is 12.6 Å². The molecule has 0 heterocycles.